The van der Waals surface area contributed by atoms with Crippen LogP contribution in [0.1, 0.15) is 27.8 Å². The summed E-state index contributed by atoms with van der Waals surface area (Å²) in [5, 5.41) is 13.9. The number of hydrogen-bond acceptors (Lipinski definition) is 8. The van der Waals surface area contributed by atoms with Gasteiger partial charge in [-0.25, -0.2) is 4.79 Å². The summed E-state index contributed by atoms with van der Waals surface area (Å²) >= 11 is 0. The van der Waals surface area contributed by atoms with Gasteiger partial charge in [0.05, 0.1) is 29.0 Å². The molecule has 1 fully saturated rings. The average Bonchev–Trinajstić information content (AvgIpc) is 3.39. The maximum absolute atomic E-state index is 13.1. The SMILES string of the molecule is CCN1CCN(c2ccc(C(=O)OC)cc2NC(=O)c2ccc(-c3cccc([N+](=O)[O-])c3)o2)CC1. The molecule has 4 rings (SSSR count). The van der Waals surface area contributed by atoms with Gasteiger partial charge in [0.2, 0.25) is 0 Å². The highest BCUT2D eigenvalue weighted by Gasteiger charge is 2.22. The lowest BCUT2D eigenvalue weighted by atomic mass is 10.1. The second-order valence-corrected chi connectivity index (χ2v) is 8.07. The fraction of sp³-hybridized carbons (Fsp3) is 0.280. The van der Waals surface area contributed by atoms with E-state index in [1.807, 2.05) is 0 Å². The first-order valence-corrected chi connectivity index (χ1v) is 11.2. The van der Waals surface area contributed by atoms with Crippen molar-refractivity contribution < 1.29 is 23.7 Å². The summed E-state index contributed by atoms with van der Waals surface area (Å²) in [6.45, 7) is 6.46. The van der Waals surface area contributed by atoms with Crippen LogP contribution in [0, 0.1) is 10.1 Å². The monoisotopic (exact) mass is 478 g/mol. The number of nitro groups is 1. The smallest absolute Gasteiger partial charge is 0.337 e. The molecule has 182 valence electrons. The van der Waals surface area contributed by atoms with E-state index in [-0.39, 0.29) is 11.4 Å². The van der Waals surface area contributed by atoms with E-state index in [9.17, 15) is 19.7 Å². The number of carbonyl (C=O) groups excluding carboxylic acids is 2. The highest BCUT2D eigenvalue weighted by Crippen LogP contribution is 2.30. The molecule has 0 spiro atoms. The third-order valence-electron chi connectivity index (χ3n) is 6.00. The normalized spacial score (nSPS) is 13.9. The van der Waals surface area contributed by atoms with Gasteiger partial charge in [0.15, 0.2) is 5.76 Å². The third-order valence-corrected chi connectivity index (χ3v) is 6.00. The zero-order chi connectivity index (χ0) is 24.9. The van der Waals surface area contributed by atoms with Gasteiger partial charge in [-0.2, -0.15) is 0 Å². The molecule has 0 aliphatic carbocycles. The first-order chi connectivity index (χ1) is 16.9. The number of furan rings is 1. The van der Waals surface area contributed by atoms with Gasteiger partial charge in [-0.1, -0.05) is 19.1 Å². The molecule has 1 aliphatic rings. The van der Waals surface area contributed by atoms with Gasteiger partial charge < -0.3 is 24.3 Å². The molecule has 3 aromatic rings. The minimum absolute atomic E-state index is 0.0386. The average molecular weight is 479 g/mol. The standard InChI is InChI=1S/C25H26N4O6/c1-3-27-11-13-28(14-12-27)21-8-7-18(25(31)34-2)16-20(21)26-24(30)23-10-9-22(35-23)17-5-4-6-19(15-17)29(32)33/h4-10,15-16H,3,11-14H2,1-2H3,(H,26,30). The molecule has 1 saturated heterocycles. The molecule has 0 atom stereocenters. The summed E-state index contributed by atoms with van der Waals surface area (Å²) in [6.07, 6.45) is 0. The van der Waals surface area contributed by atoms with Gasteiger partial charge in [-0.05, 0) is 36.9 Å². The topological polar surface area (TPSA) is 118 Å². The van der Waals surface area contributed by atoms with Crippen LogP contribution in [-0.4, -0.2) is 61.5 Å². The van der Waals surface area contributed by atoms with E-state index < -0.39 is 16.8 Å². The van der Waals surface area contributed by atoms with E-state index in [4.69, 9.17) is 9.15 Å². The first kappa shape index (κ1) is 24.0. The maximum atomic E-state index is 13.1. The molecular weight excluding hydrogens is 452 g/mol. The minimum Gasteiger partial charge on any atom is -0.465 e. The largest absolute Gasteiger partial charge is 0.465 e. The number of likely N-dealkylation sites (N-methyl/N-ethyl adjacent to an activating group) is 1. The van der Waals surface area contributed by atoms with Crippen LogP contribution in [0.5, 0.6) is 0 Å². The van der Waals surface area contributed by atoms with Gasteiger partial charge in [-0.15, -0.1) is 0 Å². The van der Waals surface area contributed by atoms with Gasteiger partial charge in [0.1, 0.15) is 5.76 Å². The first-order valence-electron chi connectivity index (χ1n) is 11.2. The molecule has 0 radical (unpaired) electrons. The number of esters is 1. The van der Waals surface area contributed by atoms with Crippen molar-refractivity contribution in [1.82, 2.24) is 4.90 Å². The Morgan fingerprint density at radius 1 is 1.09 bits per heavy atom. The summed E-state index contributed by atoms with van der Waals surface area (Å²) in [4.78, 5) is 40.3. The second-order valence-electron chi connectivity index (χ2n) is 8.07. The molecule has 1 aromatic heterocycles. The Hall–Kier alpha value is -4.18. The van der Waals surface area contributed by atoms with Crippen molar-refractivity contribution in [3.8, 4) is 11.3 Å². The number of non-ortho nitro benzene ring substituents is 1. The number of piperazine rings is 1. The molecule has 2 heterocycles. The fourth-order valence-electron chi connectivity index (χ4n) is 4.03. The Morgan fingerprint density at radius 2 is 1.86 bits per heavy atom. The second kappa shape index (κ2) is 10.4. The fourth-order valence-corrected chi connectivity index (χ4v) is 4.03. The number of nitro benzene ring substituents is 1. The van der Waals surface area contributed by atoms with Crippen LogP contribution < -0.4 is 10.2 Å². The number of anilines is 2. The van der Waals surface area contributed by atoms with E-state index in [1.54, 1.807) is 36.4 Å². The van der Waals surface area contributed by atoms with Gasteiger partial charge in [0.25, 0.3) is 11.6 Å². The lowest BCUT2D eigenvalue weighted by Crippen LogP contribution is -2.46. The predicted molar refractivity (Wildman–Crippen MR) is 131 cm³/mol. The maximum Gasteiger partial charge on any atom is 0.337 e. The van der Waals surface area contributed by atoms with Crippen LogP contribution in [0.3, 0.4) is 0 Å². The molecule has 0 bridgehead atoms. The summed E-state index contributed by atoms with van der Waals surface area (Å²) in [5.74, 6) is -0.638. The molecule has 1 N–H and O–H groups in total. The highest BCUT2D eigenvalue weighted by atomic mass is 16.6. The van der Waals surface area contributed by atoms with Crippen LogP contribution in [0.4, 0.5) is 17.1 Å². The van der Waals surface area contributed by atoms with E-state index in [0.29, 0.717) is 22.6 Å². The summed E-state index contributed by atoms with van der Waals surface area (Å²) in [5.41, 5.74) is 2.00. The van der Waals surface area contributed by atoms with Crippen molar-refractivity contribution in [2.75, 3.05) is 50.1 Å². The van der Waals surface area contributed by atoms with Crippen molar-refractivity contribution in [1.29, 1.82) is 0 Å². The lowest BCUT2D eigenvalue weighted by molar-refractivity contribution is -0.384. The van der Waals surface area contributed by atoms with Crippen molar-refractivity contribution in [3.05, 3.63) is 76.0 Å². The molecule has 35 heavy (non-hydrogen) atoms. The van der Waals surface area contributed by atoms with Crippen molar-refractivity contribution >= 4 is 28.9 Å². The van der Waals surface area contributed by atoms with E-state index in [0.717, 1.165) is 38.4 Å². The van der Waals surface area contributed by atoms with E-state index >= 15 is 0 Å². The van der Waals surface area contributed by atoms with Crippen LogP contribution in [-0.2, 0) is 4.74 Å². The Labute approximate surface area is 202 Å². The minimum atomic E-state index is -0.506. The summed E-state index contributed by atoms with van der Waals surface area (Å²) < 4.78 is 10.5. The molecule has 1 aliphatic heterocycles. The Morgan fingerprint density at radius 3 is 2.54 bits per heavy atom. The Bertz CT molecular complexity index is 1250. The van der Waals surface area contributed by atoms with Crippen LogP contribution in [0.25, 0.3) is 11.3 Å². The van der Waals surface area contributed by atoms with Crippen molar-refractivity contribution in [2.45, 2.75) is 6.92 Å². The van der Waals surface area contributed by atoms with Crippen LogP contribution in [0.15, 0.2) is 59.0 Å². The molecule has 0 unspecified atom stereocenters. The quantitative estimate of drug-likeness (QED) is 0.307. The predicted octanol–water partition coefficient (Wildman–Crippen LogP) is 4.04. The summed E-state index contributed by atoms with van der Waals surface area (Å²) in [7, 11) is 1.30. The van der Waals surface area contributed by atoms with Gasteiger partial charge in [-0.3, -0.25) is 14.9 Å². The van der Waals surface area contributed by atoms with Crippen LogP contribution >= 0.6 is 0 Å². The number of benzene rings is 2. The Balaban J connectivity index is 1.59. The van der Waals surface area contributed by atoms with Gasteiger partial charge >= 0.3 is 5.97 Å². The van der Waals surface area contributed by atoms with Crippen LogP contribution in [0.2, 0.25) is 0 Å². The molecule has 10 nitrogen and oxygen atoms in total. The number of amides is 1. The number of nitrogens with one attached hydrogen (secondary N) is 1. The van der Waals surface area contributed by atoms with E-state index in [2.05, 4.69) is 22.0 Å². The van der Waals surface area contributed by atoms with E-state index in [1.165, 1.54) is 25.3 Å². The number of nitrogens with zero attached hydrogens (tertiary/aromatic N) is 3. The van der Waals surface area contributed by atoms with Gasteiger partial charge in [0, 0.05) is 43.9 Å². The molecule has 0 saturated carbocycles. The lowest BCUT2D eigenvalue weighted by Gasteiger charge is -2.36. The Kier molecular flexibility index (Phi) is 7.11. The number of methoxy groups -OCH3 is 1. The third kappa shape index (κ3) is 5.33. The number of ether oxygens (including phenoxy) is 1. The van der Waals surface area contributed by atoms with Crippen molar-refractivity contribution in [3.63, 3.8) is 0 Å². The number of hydrogen-bond donors (Lipinski definition) is 1. The zero-order valence-corrected chi connectivity index (χ0v) is 19.5. The molecule has 1 amide bonds. The number of rotatable bonds is 7. The highest BCUT2D eigenvalue weighted by molar-refractivity contribution is 6.05. The number of carbonyl (C=O) groups is 2. The van der Waals surface area contributed by atoms with Crippen molar-refractivity contribution in [2.24, 2.45) is 0 Å². The molecule has 2 aromatic carbocycles. The zero-order valence-electron chi connectivity index (χ0n) is 19.5. The molecular formula is C25H26N4O6. The summed E-state index contributed by atoms with van der Waals surface area (Å²) in [6, 6.07) is 14.2. The molecule has 10 heteroatoms.